The van der Waals surface area contributed by atoms with Gasteiger partial charge in [-0.25, -0.2) is 0 Å². The van der Waals surface area contributed by atoms with E-state index < -0.39 is 11.2 Å². The number of benzene rings is 1. The number of hydrogen-bond acceptors (Lipinski definition) is 5. The van der Waals surface area contributed by atoms with E-state index in [0.29, 0.717) is 12.2 Å². The molecule has 0 saturated carbocycles. The summed E-state index contributed by atoms with van der Waals surface area (Å²) in [6, 6.07) is 6.84. The SMILES string of the molecule is C[N-]CC(=O)Oc1ccc(CC2SC(=O)NC2=O)cc1.[Y+3]. The van der Waals surface area contributed by atoms with Crippen molar-refractivity contribution in [2.75, 3.05) is 13.6 Å². The Morgan fingerprint density at radius 3 is 2.52 bits per heavy atom. The van der Waals surface area contributed by atoms with Crippen LogP contribution in [0, 0.1) is 0 Å². The van der Waals surface area contributed by atoms with E-state index in [9.17, 15) is 14.4 Å². The Labute approximate surface area is 151 Å². The van der Waals surface area contributed by atoms with Crippen LogP contribution in [-0.2, 0) is 48.7 Å². The monoisotopic (exact) mass is 382 g/mol. The van der Waals surface area contributed by atoms with Crippen molar-refractivity contribution in [3.8, 4) is 5.75 Å². The number of carbonyl (C=O) groups is 3. The van der Waals surface area contributed by atoms with Gasteiger partial charge < -0.3 is 10.1 Å². The maximum absolute atomic E-state index is 11.4. The normalized spacial score (nSPS) is 17.1. The van der Waals surface area contributed by atoms with Crippen LogP contribution in [0.25, 0.3) is 5.32 Å². The van der Waals surface area contributed by atoms with Crippen LogP contribution in [-0.4, -0.2) is 36.0 Å². The molecule has 8 heteroatoms. The predicted molar refractivity (Wildman–Crippen MR) is 74.8 cm³/mol. The van der Waals surface area contributed by atoms with Crippen molar-refractivity contribution >= 4 is 28.9 Å². The maximum atomic E-state index is 11.4. The van der Waals surface area contributed by atoms with Crippen LogP contribution in [0.5, 0.6) is 5.75 Å². The average Bonchev–Trinajstić information content (AvgIpc) is 2.70. The summed E-state index contributed by atoms with van der Waals surface area (Å²) in [5, 5.41) is 5.22. The number of nitrogens with one attached hydrogen (secondary N) is 1. The molecule has 1 aromatic rings. The number of hydrogen-bond donors (Lipinski definition) is 1. The van der Waals surface area contributed by atoms with Crippen LogP contribution in [0.3, 0.4) is 0 Å². The molecule has 1 heterocycles. The van der Waals surface area contributed by atoms with E-state index in [1.807, 2.05) is 0 Å². The third-order valence-electron chi connectivity index (χ3n) is 2.63. The molecule has 106 valence electrons. The minimum absolute atomic E-state index is 0. The molecule has 1 aliphatic heterocycles. The third-order valence-corrected chi connectivity index (χ3v) is 3.61. The number of thioether (sulfide) groups is 1. The second kappa shape index (κ2) is 8.63. The zero-order valence-corrected chi connectivity index (χ0v) is 15.0. The second-order valence-electron chi connectivity index (χ2n) is 4.18. The van der Waals surface area contributed by atoms with Gasteiger partial charge in [-0.15, -0.1) is 0 Å². The molecule has 1 aromatic carbocycles. The van der Waals surface area contributed by atoms with E-state index in [4.69, 9.17) is 4.74 Å². The van der Waals surface area contributed by atoms with Crippen molar-refractivity contribution in [3.63, 3.8) is 0 Å². The average molecular weight is 382 g/mol. The Bertz CT molecular complexity index is 535. The van der Waals surface area contributed by atoms with E-state index in [1.54, 1.807) is 24.3 Å². The van der Waals surface area contributed by atoms with Gasteiger partial charge in [0.15, 0.2) is 0 Å². The summed E-state index contributed by atoms with van der Waals surface area (Å²) in [4.78, 5) is 33.7. The van der Waals surface area contributed by atoms with Gasteiger partial charge >= 0.3 is 32.7 Å². The van der Waals surface area contributed by atoms with Crippen LogP contribution in [0.1, 0.15) is 5.56 Å². The van der Waals surface area contributed by atoms with Gasteiger partial charge in [-0.3, -0.25) is 19.7 Å². The van der Waals surface area contributed by atoms with Crippen LogP contribution < -0.4 is 10.1 Å². The Balaban J connectivity index is 0.00000220. The van der Waals surface area contributed by atoms with Crippen LogP contribution in [0.2, 0.25) is 0 Å². The molecule has 1 fully saturated rings. The molecule has 6 nitrogen and oxygen atoms in total. The molecule has 0 bridgehead atoms. The second-order valence-corrected chi connectivity index (χ2v) is 5.36. The summed E-state index contributed by atoms with van der Waals surface area (Å²) in [6.07, 6.45) is 0.459. The Morgan fingerprint density at radius 1 is 1.33 bits per heavy atom. The number of likely N-dealkylation sites (N-methyl/N-ethyl adjacent to an activating group) is 1. The standard InChI is InChI=1S/C13H13N2O4S.Y/c1-14-7-11(16)19-9-4-2-8(3-5-9)6-10-12(17)15-13(18)20-10;/h2-5,10H,6-7H2,1H3,(H,15,17,18);/q-1;+3. The fraction of sp³-hybridized carbons (Fsp3) is 0.308. The predicted octanol–water partition coefficient (Wildman–Crippen LogP) is 1.49. The van der Waals surface area contributed by atoms with Gasteiger partial charge in [0.1, 0.15) is 5.75 Å². The molecule has 2 rings (SSSR count). The first-order chi connectivity index (χ1) is 9.58. The van der Waals surface area contributed by atoms with E-state index >= 15 is 0 Å². The van der Waals surface area contributed by atoms with Gasteiger partial charge in [-0.05, 0) is 30.7 Å². The molecule has 1 aliphatic rings. The van der Waals surface area contributed by atoms with Gasteiger partial charge in [-0.1, -0.05) is 23.9 Å². The summed E-state index contributed by atoms with van der Waals surface area (Å²) < 4.78 is 5.05. The number of carbonyl (C=O) groups excluding carboxylic acids is 3. The fourth-order valence-corrected chi connectivity index (χ4v) is 2.59. The van der Waals surface area contributed by atoms with Crippen molar-refractivity contribution in [2.45, 2.75) is 11.7 Å². The number of imide groups is 1. The zero-order chi connectivity index (χ0) is 14.5. The van der Waals surface area contributed by atoms with E-state index in [2.05, 4.69) is 10.6 Å². The summed E-state index contributed by atoms with van der Waals surface area (Å²) >= 11 is 0.993. The largest absolute Gasteiger partial charge is 3.00 e. The molecule has 0 radical (unpaired) electrons. The minimum Gasteiger partial charge on any atom is -0.656 e. The Hall–Kier alpha value is -0.756. The molecular formula is C13H13N2O4SY+2. The molecule has 0 aromatic heterocycles. The Kier molecular flexibility index (Phi) is 7.52. The molecule has 1 atom stereocenters. The zero-order valence-electron chi connectivity index (χ0n) is 11.4. The molecule has 0 spiro atoms. The number of amides is 2. The van der Waals surface area contributed by atoms with Gasteiger partial charge in [-0.2, -0.15) is 7.05 Å². The van der Waals surface area contributed by atoms with E-state index in [1.165, 1.54) is 7.05 Å². The van der Waals surface area contributed by atoms with Crippen LogP contribution >= 0.6 is 11.8 Å². The maximum Gasteiger partial charge on any atom is 3.00 e. The summed E-state index contributed by atoms with van der Waals surface area (Å²) in [7, 11) is 1.54. The van der Waals surface area contributed by atoms with Crippen molar-refractivity contribution < 1.29 is 51.8 Å². The van der Waals surface area contributed by atoms with Gasteiger partial charge in [0.2, 0.25) is 5.91 Å². The van der Waals surface area contributed by atoms with Gasteiger partial charge in [0.25, 0.3) is 11.2 Å². The molecule has 2 amide bonds. The first-order valence-electron chi connectivity index (χ1n) is 5.95. The molecule has 1 saturated heterocycles. The van der Waals surface area contributed by atoms with Crippen LogP contribution in [0.15, 0.2) is 24.3 Å². The van der Waals surface area contributed by atoms with E-state index in [0.717, 1.165) is 17.3 Å². The first kappa shape index (κ1) is 18.3. The minimum atomic E-state index is -0.420. The summed E-state index contributed by atoms with van der Waals surface area (Å²) in [5.74, 6) is -0.251. The van der Waals surface area contributed by atoms with Crippen LogP contribution in [0.4, 0.5) is 4.79 Å². The third kappa shape index (κ3) is 5.50. The molecule has 0 aliphatic carbocycles. The molecule has 1 unspecified atom stereocenters. The van der Waals surface area contributed by atoms with Crippen molar-refractivity contribution in [3.05, 3.63) is 35.1 Å². The summed E-state index contributed by atoms with van der Waals surface area (Å²) in [6.45, 7) is 0.0166. The number of ether oxygens (including phenoxy) is 1. The Morgan fingerprint density at radius 2 is 2.00 bits per heavy atom. The molecule has 1 N–H and O–H groups in total. The summed E-state index contributed by atoms with van der Waals surface area (Å²) in [5.41, 5.74) is 0.896. The first-order valence-corrected chi connectivity index (χ1v) is 6.83. The van der Waals surface area contributed by atoms with E-state index in [-0.39, 0.29) is 50.4 Å². The van der Waals surface area contributed by atoms with Crippen molar-refractivity contribution in [1.29, 1.82) is 0 Å². The number of nitrogens with zero attached hydrogens (tertiary/aromatic N) is 1. The number of rotatable bonds is 5. The fourth-order valence-electron chi connectivity index (χ4n) is 1.73. The quantitative estimate of drug-likeness (QED) is 0.616. The van der Waals surface area contributed by atoms with Gasteiger partial charge in [0, 0.05) is 0 Å². The van der Waals surface area contributed by atoms with Crippen molar-refractivity contribution in [1.82, 2.24) is 5.32 Å². The smallest absolute Gasteiger partial charge is 0.656 e. The number of esters is 1. The van der Waals surface area contributed by atoms with Crippen molar-refractivity contribution in [2.24, 2.45) is 0 Å². The molecule has 21 heavy (non-hydrogen) atoms. The topological polar surface area (TPSA) is 86.6 Å². The molecular weight excluding hydrogens is 369 g/mol. The van der Waals surface area contributed by atoms with Gasteiger partial charge in [0.05, 0.1) is 5.25 Å².